The molecule has 4 rings (SSSR count). The zero-order chi connectivity index (χ0) is 16.5. The fraction of sp³-hybridized carbons (Fsp3) is 0.375. The van der Waals surface area contributed by atoms with E-state index < -0.39 is 5.91 Å². The lowest BCUT2D eigenvalue weighted by atomic mass is 10.1. The van der Waals surface area contributed by atoms with Gasteiger partial charge in [-0.1, -0.05) is 28.9 Å². The van der Waals surface area contributed by atoms with Crippen LogP contribution in [0.2, 0.25) is 5.02 Å². The average Bonchev–Trinajstić information content (AvgIpc) is 3.33. The fourth-order valence-corrected chi connectivity index (χ4v) is 3.13. The van der Waals surface area contributed by atoms with Crippen molar-refractivity contribution in [3.8, 4) is 11.4 Å². The number of aromatic nitrogens is 3. The van der Waals surface area contributed by atoms with Crippen molar-refractivity contribution in [2.45, 2.75) is 25.4 Å². The molecular weight excluding hydrogens is 332 g/mol. The Hall–Kier alpha value is -2.25. The van der Waals surface area contributed by atoms with Crippen LogP contribution in [-0.4, -0.2) is 40.3 Å². The van der Waals surface area contributed by atoms with E-state index in [0.717, 1.165) is 37.1 Å². The smallest absolute Gasteiger partial charge is 0.316 e. The van der Waals surface area contributed by atoms with Crippen LogP contribution in [0, 0.1) is 0 Å². The number of rotatable bonds is 4. The van der Waals surface area contributed by atoms with E-state index in [1.807, 2.05) is 12.2 Å². The number of carbonyl (C=O) groups excluding carboxylic acids is 1. The van der Waals surface area contributed by atoms with E-state index in [1.54, 1.807) is 6.20 Å². The first-order valence-corrected chi connectivity index (χ1v) is 8.18. The summed E-state index contributed by atoms with van der Waals surface area (Å²) in [6.45, 7) is 1.17. The maximum atomic E-state index is 12.1. The number of halogens is 1. The first-order valence-electron chi connectivity index (χ1n) is 7.80. The fourth-order valence-electron chi connectivity index (χ4n) is 2.83. The molecular formula is C16H15ClN4O3. The van der Waals surface area contributed by atoms with Gasteiger partial charge >= 0.3 is 11.8 Å². The quantitative estimate of drug-likeness (QED) is 0.913. The predicted octanol–water partition coefficient (Wildman–Crippen LogP) is 2.26. The first kappa shape index (κ1) is 15.3. The van der Waals surface area contributed by atoms with Crippen LogP contribution >= 0.6 is 11.6 Å². The summed E-state index contributed by atoms with van der Waals surface area (Å²) >= 11 is 6.39. The van der Waals surface area contributed by atoms with Crippen molar-refractivity contribution in [1.29, 1.82) is 0 Å². The van der Waals surface area contributed by atoms with Crippen molar-refractivity contribution in [2.75, 3.05) is 13.2 Å². The van der Waals surface area contributed by atoms with Crippen molar-refractivity contribution in [1.82, 2.24) is 20.4 Å². The van der Waals surface area contributed by atoms with Crippen molar-refractivity contribution >= 4 is 23.6 Å². The summed E-state index contributed by atoms with van der Waals surface area (Å²) < 4.78 is 10.5. The molecule has 1 aliphatic carbocycles. The highest BCUT2D eigenvalue weighted by Gasteiger charge is 2.22. The number of fused-ring (bicyclic) bond motifs is 1. The largest absolute Gasteiger partial charge is 0.376 e. The molecule has 1 saturated heterocycles. The lowest BCUT2D eigenvalue weighted by molar-refractivity contribution is 0.0822. The molecule has 1 N–H and O–H groups in total. The molecule has 3 heterocycles. The van der Waals surface area contributed by atoms with E-state index in [0.29, 0.717) is 17.1 Å². The monoisotopic (exact) mass is 346 g/mol. The Kier molecular flexibility index (Phi) is 4.03. The van der Waals surface area contributed by atoms with Gasteiger partial charge in [0.05, 0.1) is 22.4 Å². The van der Waals surface area contributed by atoms with E-state index in [4.69, 9.17) is 20.9 Å². The Morgan fingerprint density at radius 1 is 1.46 bits per heavy atom. The van der Waals surface area contributed by atoms with Gasteiger partial charge < -0.3 is 14.6 Å². The summed E-state index contributed by atoms with van der Waals surface area (Å²) in [6.07, 6.45) is 8.30. The molecule has 0 aromatic carbocycles. The highest BCUT2D eigenvalue weighted by Crippen LogP contribution is 2.33. The second-order valence-corrected chi connectivity index (χ2v) is 6.10. The van der Waals surface area contributed by atoms with Crippen LogP contribution in [-0.2, 0) is 11.2 Å². The van der Waals surface area contributed by atoms with Crippen LogP contribution < -0.4 is 5.32 Å². The normalized spacial score (nSPS) is 18.8. The van der Waals surface area contributed by atoms with Gasteiger partial charge in [0.25, 0.3) is 0 Å². The molecule has 2 aliphatic rings. The number of nitrogens with one attached hydrogen (secondary N) is 1. The van der Waals surface area contributed by atoms with Gasteiger partial charge in [-0.25, -0.2) is 0 Å². The van der Waals surface area contributed by atoms with Crippen LogP contribution in [0.15, 0.2) is 16.8 Å². The van der Waals surface area contributed by atoms with E-state index in [-0.39, 0.29) is 17.8 Å². The zero-order valence-corrected chi connectivity index (χ0v) is 13.5. The number of ether oxygens (including phenoxy) is 1. The van der Waals surface area contributed by atoms with Gasteiger partial charge in [0.1, 0.15) is 0 Å². The molecule has 2 aromatic rings. The SMILES string of the molecule is O=C(NCC1CCCO1)c1nc(-c2cnc3c(c2Cl)C=CC3)no1. The Bertz CT molecular complexity index is 812. The number of hydrogen-bond acceptors (Lipinski definition) is 6. The molecule has 1 aliphatic heterocycles. The van der Waals surface area contributed by atoms with Gasteiger partial charge in [0, 0.05) is 31.3 Å². The van der Waals surface area contributed by atoms with Gasteiger partial charge in [0.15, 0.2) is 0 Å². The van der Waals surface area contributed by atoms with Crippen LogP contribution in [0.4, 0.5) is 0 Å². The number of carbonyl (C=O) groups is 1. The maximum absolute atomic E-state index is 12.1. The number of amides is 1. The molecule has 2 aromatic heterocycles. The van der Waals surface area contributed by atoms with Crippen LogP contribution in [0.1, 0.15) is 34.8 Å². The second kappa shape index (κ2) is 6.33. The predicted molar refractivity (Wildman–Crippen MR) is 86.6 cm³/mol. The van der Waals surface area contributed by atoms with Gasteiger partial charge in [-0.2, -0.15) is 4.98 Å². The van der Waals surface area contributed by atoms with E-state index in [9.17, 15) is 4.79 Å². The number of allylic oxidation sites excluding steroid dienone is 1. The molecule has 0 spiro atoms. The van der Waals surface area contributed by atoms with Crippen molar-refractivity contribution in [2.24, 2.45) is 0 Å². The highest BCUT2D eigenvalue weighted by molar-refractivity contribution is 6.34. The zero-order valence-electron chi connectivity index (χ0n) is 12.8. The Morgan fingerprint density at radius 3 is 3.21 bits per heavy atom. The number of hydrogen-bond donors (Lipinski definition) is 1. The third kappa shape index (κ3) is 2.81. The molecule has 1 amide bonds. The minimum Gasteiger partial charge on any atom is -0.376 e. The summed E-state index contributed by atoms with van der Waals surface area (Å²) in [7, 11) is 0. The molecule has 8 heteroatoms. The summed E-state index contributed by atoms with van der Waals surface area (Å²) in [4.78, 5) is 20.6. The summed E-state index contributed by atoms with van der Waals surface area (Å²) in [5.41, 5.74) is 2.33. The number of pyridine rings is 1. The molecule has 1 atom stereocenters. The minimum atomic E-state index is -0.422. The molecule has 124 valence electrons. The molecule has 0 saturated carbocycles. The van der Waals surface area contributed by atoms with Crippen molar-refractivity contribution < 1.29 is 14.1 Å². The summed E-state index contributed by atoms with van der Waals surface area (Å²) in [6, 6.07) is 0. The Labute approximate surface area is 143 Å². The third-order valence-corrected chi connectivity index (χ3v) is 4.51. The van der Waals surface area contributed by atoms with Crippen LogP contribution in [0.3, 0.4) is 0 Å². The van der Waals surface area contributed by atoms with E-state index in [2.05, 4.69) is 20.4 Å². The number of nitrogens with zero attached hydrogens (tertiary/aromatic N) is 3. The average molecular weight is 347 g/mol. The van der Waals surface area contributed by atoms with Gasteiger partial charge in [-0.15, -0.1) is 0 Å². The van der Waals surface area contributed by atoms with Gasteiger partial charge in [-0.3, -0.25) is 9.78 Å². The lowest BCUT2D eigenvalue weighted by Crippen LogP contribution is -2.31. The topological polar surface area (TPSA) is 90.1 Å². The third-order valence-electron chi connectivity index (χ3n) is 4.10. The van der Waals surface area contributed by atoms with Crippen molar-refractivity contribution in [3.05, 3.63) is 34.4 Å². The highest BCUT2D eigenvalue weighted by atomic mass is 35.5. The molecule has 0 bridgehead atoms. The molecule has 24 heavy (non-hydrogen) atoms. The molecule has 1 fully saturated rings. The van der Waals surface area contributed by atoms with Crippen LogP contribution in [0.25, 0.3) is 17.5 Å². The van der Waals surface area contributed by atoms with Crippen LogP contribution in [0.5, 0.6) is 0 Å². The van der Waals surface area contributed by atoms with Gasteiger partial charge in [0.2, 0.25) is 5.82 Å². The minimum absolute atomic E-state index is 0.0542. The van der Waals surface area contributed by atoms with E-state index in [1.165, 1.54) is 0 Å². The summed E-state index contributed by atoms with van der Waals surface area (Å²) in [5, 5.41) is 7.10. The molecule has 0 radical (unpaired) electrons. The maximum Gasteiger partial charge on any atom is 0.316 e. The summed E-state index contributed by atoms with van der Waals surface area (Å²) in [5.74, 6) is -0.276. The molecule has 1 unspecified atom stereocenters. The first-order chi connectivity index (χ1) is 11.7. The van der Waals surface area contributed by atoms with E-state index >= 15 is 0 Å². The Morgan fingerprint density at radius 2 is 2.38 bits per heavy atom. The standard InChI is InChI=1S/C16H15ClN4O3/c17-13-10-4-1-5-12(10)18-8-11(13)14-20-16(24-21-14)15(22)19-7-9-3-2-6-23-9/h1,4,8-9H,2-3,5-7H2,(H,19,22). The Balaban J connectivity index is 1.50. The second-order valence-electron chi connectivity index (χ2n) is 5.72. The van der Waals surface area contributed by atoms with Gasteiger partial charge in [-0.05, 0) is 12.8 Å². The lowest BCUT2D eigenvalue weighted by Gasteiger charge is -2.08. The van der Waals surface area contributed by atoms with Crippen molar-refractivity contribution in [3.63, 3.8) is 0 Å². The molecule has 7 nitrogen and oxygen atoms in total.